The van der Waals surface area contributed by atoms with Crippen LogP contribution in [0.5, 0.6) is 5.88 Å². The van der Waals surface area contributed by atoms with Crippen molar-refractivity contribution in [2.24, 2.45) is 5.84 Å². The number of nitrogens with one attached hydrogen (secondary N) is 1. The third-order valence-corrected chi connectivity index (χ3v) is 2.27. The van der Waals surface area contributed by atoms with E-state index in [1.807, 2.05) is 13.8 Å². The molecule has 78 valence electrons. The highest BCUT2D eigenvalue weighted by Crippen LogP contribution is 2.23. The van der Waals surface area contributed by atoms with E-state index in [0.29, 0.717) is 11.8 Å². The molecule has 0 fully saturated rings. The SMILES string of the molecule is CCC(C)Oc1nc(NN)ncc1Br. The summed E-state index contributed by atoms with van der Waals surface area (Å²) < 4.78 is 6.26. The van der Waals surface area contributed by atoms with Crippen molar-refractivity contribution >= 4 is 21.9 Å². The molecule has 5 nitrogen and oxygen atoms in total. The van der Waals surface area contributed by atoms with Crippen molar-refractivity contribution in [1.29, 1.82) is 0 Å². The third-order valence-electron chi connectivity index (χ3n) is 1.73. The van der Waals surface area contributed by atoms with Crippen LogP contribution >= 0.6 is 15.9 Å². The van der Waals surface area contributed by atoms with Gasteiger partial charge in [0.05, 0.1) is 16.8 Å². The van der Waals surface area contributed by atoms with Crippen LogP contribution in [-0.4, -0.2) is 16.1 Å². The second kappa shape index (κ2) is 5.11. The summed E-state index contributed by atoms with van der Waals surface area (Å²) in [4.78, 5) is 7.98. The van der Waals surface area contributed by atoms with E-state index >= 15 is 0 Å². The van der Waals surface area contributed by atoms with Gasteiger partial charge >= 0.3 is 0 Å². The smallest absolute Gasteiger partial charge is 0.240 e. The first-order valence-corrected chi connectivity index (χ1v) is 5.12. The molecule has 0 spiro atoms. The number of halogens is 1. The molecular formula is C8H13BrN4O. The third kappa shape index (κ3) is 2.81. The number of nitrogen functional groups attached to an aromatic ring is 1. The van der Waals surface area contributed by atoms with Crippen LogP contribution in [0.25, 0.3) is 0 Å². The monoisotopic (exact) mass is 260 g/mol. The van der Waals surface area contributed by atoms with Crippen molar-refractivity contribution in [1.82, 2.24) is 9.97 Å². The fourth-order valence-corrected chi connectivity index (χ4v) is 1.06. The summed E-state index contributed by atoms with van der Waals surface area (Å²) in [6, 6.07) is 0. The molecule has 1 aromatic rings. The van der Waals surface area contributed by atoms with Crippen molar-refractivity contribution in [3.63, 3.8) is 0 Å². The van der Waals surface area contributed by atoms with Crippen molar-refractivity contribution in [3.05, 3.63) is 10.7 Å². The largest absolute Gasteiger partial charge is 0.474 e. The number of rotatable bonds is 4. The van der Waals surface area contributed by atoms with Gasteiger partial charge in [0.2, 0.25) is 11.8 Å². The molecule has 0 aliphatic rings. The normalized spacial score (nSPS) is 12.3. The molecule has 6 heteroatoms. The molecule has 14 heavy (non-hydrogen) atoms. The molecular weight excluding hydrogens is 248 g/mol. The molecule has 0 saturated heterocycles. The summed E-state index contributed by atoms with van der Waals surface area (Å²) in [7, 11) is 0. The summed E-state index contributed by atoms with van der Waals surface area (Å²) in [6.45, 7) is 4.02. The molecule has 1 rings (SSSR count). The number of ether oxygens (including phenoxy) is 1. The molecule has 0 saturated carbocycles. The fraction of sp³-hybridized carbons (Fsp3) is 0.500. The van der Waals surface area contributed by atoms with Crippen LogP contribution in [-0.2, 0) is 0 Å². The first kappa shape index (κ1) is 11.2. The minimum atomic E-state index is 0.117. The highest BCUT2D eigenvalue weighted by atomic mass is 79.9. The van der Waals surface area contributed by atoms with Gasteiger partial charge in [0.15, 0.2) is 0 Å². The quantitative estimate of drug-likeness (QED) is 0.637. The van der Waals surface area contributed by atoms with Crippen LogP contribution in [0.15, 0.2) is 10.7 Å². The van der Waals surface area contributed by atoms with Crippen LogP contribution < -0.4 is 16.0 Å². The second-order valence-electron chi connectivity index (χ2n) is 2.83. The van der Waals surface area contributed by atoms with Crippen molar-refractivity contribution < 1.29 is 4.74 Å². The Morgan fingerprint density at radius 3 is 3.00 bits per heavy atom. The topological polar surface area (TPSA) is 73.1 Å². The lowest BCUT2D eigenvalue weighted by Crippen LogP contribution is -2.14. The van der Waals surface area contributed by atoms with E-state index in [4.69, 9.17) is 10.6 Å². The number of nitrogens with two attached hydrogens (primary N) is 1. The van der Waals surface area contributed by atoms with E-state index < -0.39 is 0 Å². The van der Waals surface area contributed by atoms with Gasteiger partial charge in [0.25, 0.3) is 0 Å². The number of nitrogens with zero attached hydrogens (tertiary/aromatic N) is 2. The van der Waals surface area contributed by atoms with Gasteiger partial charge in [-0.05, 0) is 29.3 Å². The Balaban J connectivity index is 2.83. The number of hydrazine groups is 1. The van der Waals surface area contributed by atoms with Gasteiger partial charge in [0, 0.05) is 0 Å². The van der Waals surface area contributed by atoms with Gasteiger partial charge in [-0.1, -0.05) is 6.92 Å². The molecule has 1 heterocycles. The van der Waals surface area contributed by atoms with Gasteiger partial charge in [-0.2, -0.15) is 4.98 Å². The van der Waals surface area contributed by atoms with Gasteiger partial charge in [-0.25, -0.2) is 10.8 Å². The van der Waals surface area contributed by atoms with Gasteiger partial charge in [0.1, 0.15) is 0 Å². The Morgan fingerprint density at radius 2 is 2.43 bits per heavy atom. The lowest BCUT2D eigenvalue weighted by Gasteiger charge is -2.12. The molecule has 0 amide bonds. The lowest BCUT2D eigenvalue weighted by atomic mass is 10.3. The zero-order valence-corrected chi connectivity index (χ0v) is 9.71. The molecule has 0 aliphatic heterocycles. The Labute approximate surface area is 91.2 Å². The maximum atomic E-state index is 5.54. The number of hydrogen-bond acceptors (Lipinski definition) is 5. The zero-order valence-electron chi connectivity index (χ0n) is 8.12. The molecule has 1 atom stereocenters. The van der Waals surface area contributed by atoms with E-state index in [-0.39, 0.29) is 6.10 Å². The lowest BCUT2D eigenvalue weighted by molar-refractivity contribution is 0.207. The van der Waals surface area contributed by atoms with E-state index in [1.165, 1.54) is 0 Å². The van der Waals surface area contributed by atoms with Crippen LogP contribution in [0.3, 0.4) is 0 Å². The van der Waals surface area contributed by atoms with E-state index in [9.17, 15) is 0 Å². The maximum Gasteiger partial charge on any atom is 0.240 e. The van der Waals surface area contributed by atoms with E-state index in [0.717, 1.165) is 10.9 Å². The first-order valence-electron chi connectivity index (χ1n) is 4.33. The summed E-state index contributed by atoms with van der Waals surface area (Å²) in [5.74, 6) is 6.03. The van der Waals surface area contributed by atoms with Crippen LogP contribution in [0.2, 0.25) is 0 Å². The van der Waals surface area contributed by atoms with E-state index in [2.05, 4.69) is 31.3 Å². The summed E-state index contributed by atoms with van der Waals surface area (Å²) in [5, 5.41) is 0. The van der Waals surface area contributed by atoms with Gasteiger partial charge in [-0.15, -0.1) is 0 Å². The summed E-state index contributed by atoms with van der Waals surface area (Å²) in [5.41, 5.74) is 2.36. The Hall–Kier alpha value is -0.880. The summed E-state index contributed by atoms with van der Waals surface area (Å²) >= 11 is 3.30. The van der Waals surface area contributed by atoms with Crippen molar-refractivity contribution in [3.8, 4) is 5.88 Å². The highest BCUT2D eigenvalue weighted by molar-refractivity contribution is 9.10. The predicted octanol–water partition coefficient (Wildman–Crippen LogP) is 1.70. The number of aromatic nitrogens is 2. The fourth-order valence-electron chi connectivity index (χ4n) is 0.778. The second-order valence-corrected chi connectivity index (χ2v) is 3.68. The van der Waals surface area contributed by atoms with Crippen molar-refractivity contribution in [2.45, 2.75) is 26.4 Å². The summed E-state index contributed by atoms with van der Waals surface area (Å²) in [6.07, 6.45) is 2.63. The van der Waals surface area contributed by atoms with Crippen LogP contribution in [0, 0.1) is 0 Å². The maximum absolute atomic E-state index is 5.54. The zero-order chi connectivity index (χ0) is 10.6. The van der Waals surface area contributed by atoms with E-state index in [1.54, 1.807) is 6.20 Å². The minimum absolute atomic E-state index is 0.117. The molecule has 3 N–H and O–H groups in total. The first-order chi connectivity index (χ1) is 6.67. The predicted molar refractivity (Wildman–Crippen MR) is 57.9 cm³/mol. The standard InChI is InChI=1S/C8H13BrN4O/c1-3-5(2)14-7-6(9)4-11-8(12-7)13-10/h4-5H,3,10H2,1-2H3,(H,11,12,13). The Kier molecular flexibility index (Phi) is 4.09. The molecule has 0 bridgehead atoms. The van der Waals surface area contributed by atoms with Gasteiger partial charge < -0.3 is 4.74 Å². The van der Waals surface area contributed by atoms with Crippen LogP contribution in [0.4, 0.5) is 5.95 Å². The number of hydrogen-bond donors (Lipinski definition) is 2. The van der Waals surface area contributed by atoms with Crippen LogP contribution in [0.1, 0.15) is 20.3 Å². The molecule has 0 aliphatic carbocycles. The minimum Gasteiger partial charge on any atom is -0.474 e. The average Bonchev–Trinajstić information content (AvgIpc) is 2.21. The Morgan fingerprint density at radius 1 is 1.71 bits per heavy atom. The molecule has 1 aromatic heterocycles. The average molecular weight is 261 g/mol. The molecule has 0 radical (unpaired) electrons. The van der Waals surface area contributed by atoms with Crippen molar-refractivity contribution in [2.75, 3.05) is 5.43 Å². The van der Waals surface area contributed by atoms with Gasteiger partial charge in [-0.3, -0.25) is 5.43 Å². The molecule has 1 unspecified atom stereocenters. The number of anilines is 1. The molecule has 0 aromatic carbocycles. The highest BCUT2D eigenvalue weighted by Gasteiger charge is 2.08. The Bertz CT molecular complexity index is 307.